The second kappa shape index (κ2) is 11.0. The van der Waals surface area contributed by atoms with Gasteiger partial charge < -0.3 is 5.11 Å². The highest BCUT2D eigenvalue weighted by Crippen LogP contribution is 2.22. The number of carbonyl (C=O) groups is 2. The molecule has 126 valence electrons. The number of carboxylic acids is 1. The summed E-state index contributed by atoms with van der Waals surface area (Å²) in [5, 5.41) is 14.2. The predicted octanol–water partition coefficient (Wildman–Crippen LogP) is 4.34. The minimum Gasteiger partial charge on any atom is -0.480 e. The lowest BCUT2D eigenvalue weighted by atomic mass is 10.1. The first-order valence-electron chi connectivity index (χ1n) is 6.84. The van der Waals surface area contributed by atoms with E-state index in [1.165, 1.54) is 6.92 Å². The fourth-order valence-corrected chi connectivity index (χ4v) is 2.33. The Hall–Kier alpha value is -1.66. The maximum absolute atomic E-state index is 11.3. The van der Waals surface area contributed by atoms with Gasteiger partial charge >= 0.3 is 5.97 Å². The van der Waals surface area contributed by atoms with Gasteiger partial charge in [0.1, 0.15) is 6.54 Å². The largest absolute Gasteiger partial charge is 0.480 e. The molecule has 0 aromatic heterocycles. The summed E-state index contributed by atoms with van der Waals surface area (Å²) < 4.78 is 0.722. The number of nitrogens with zero attached hydrogens (tertiary/aromatic N) is 2. The molecular formula is C16H20BrClN2O3. The number of hydrazone groups is 1. The Balaban J connectivity index is 0.00000108. The van der Waals surface area contributed by atoms with Crippen molar-refractivity contribution in [3.63, 3.8) is 0 Å². The van der Waals surface area contributed by atoms with E-state index in [9.17, 15) is 9.59 Å². The van der Waals surface area contributed by atoms with Gasteiger partial charge in [-0.1, -0.05) is 46.6 Å². The SMILES string of the molecule is C=CCC.CC(=O)N(CC(=O)O)/N=C(\C)c1ccc(Cl)cc1Br. The number of benzene rings is 1. The molecule has 0 atom stereocenters. The van der Waals surface area contributed by atoms with Crippen LogP contribution in [0.3, 0.4) is 0 Å². The minimum atomic E-state index is -1.12. The van der Waals surface area contributed by atoms with Crippen LogP contribution < -0.4 is 0 Å². The lowest BCUT2D eigenvalue weighted by molar-refractivity contribution is -0.143. The summed E-state index contributed by atoms with van der Waals surface area (Å²) in [6.45, 7) is 8.01. The van der Waals surface area contributed by atoms with Crippen molar-refractivity contribution >= 4 is 45.1 Å². The number of amides is 1. The summed E-state index contributed by atoms with van der Waals surface area (Å²) in [6, 6.07) is 5.13. The van der Waals surface area contributed by atoms with Crippen molar-refractivity contribution in [2.24, 2.45) is 5.10 Å². The van der Waals surface area contributed by atoms with Crippen LogP contribution in [0.2, 0.25) is 5.02 Å². The monoisotopic (exact) mass is 402 g/mol. The molecule has 0 spiro atoms. The summed E-state index contributed by atoms with van der Waals surface area (Å²) in [4.78, 5) is 22.0. The molecule has 1 rings (SSSR count). The molecule has 1 aromatic rings. The van der Waals surface area contributed by atoms with Gasteiger partial charge in [-0.15, -0.1) is 6.58 Å². The van der Waals surface area contributed by atoms with Crippen LogP contribution in [-0.4, -0.2) is 34.2 Å². The molecule has 23 heavy (non-hydrogen) atoms. The first-order valence-corrected chi connectivity index (χ1v) is 8.01. The zero-order valence-corrected chi connectivity index (χ0v) is 15.7. The number of allylic oxidation sites excluding steroid dienone is 1. The van der Waals surface area contributed by atoms with Crippen molar-refractivity contribution in [1.29, 1.82) is 0 Å². The first kappa shape index (κ1) is 21.3. The Morgan fingerprint density at radius 1 is 1.43 bits per heavy atom. The average molecular weight is 404 g/mol. The number of carboxylic acid groups (broad SMARTS) is 1. The Labute approximate surface area is 149 Å². The van der Waals surface area contributed by atoms with Crippen LogP contribution >= 0.6 is 27.5 Å². The third-order valence-electron chi connectivity index (χ3n) is 2.53. The molecular weight excluding hydrogens is 384 g/mol. The molecule has 0 saturated carbocycles. The third kappa shape index (κ3) is 8.52. The van der Waals surface area contributed by atoms with Crippen molar-refractivity contribution in [3.05, 3.63) is 45.9 Å². The van der Waals surface area contributed by atoms with Gasteiger partial charge in [0, 0.05) is 22.0 Å². The normalized spacial score (nSPS) is 10.4. The van der Waals surface area contributed by atoms with E-state index in [0.29, 0.717) is 10.7 Å². The molecule has 0 bridgehead atoms. The molecule has 0 unspecified atom stereocenters. The highest BCUT2D eigenvalue weighted by Gasteiger charge is 2.13. The zero-order chi connectivity index (χ0) is 18.0. The van der Waals surface area contributed by atoms with Crippen LogP contribution in [0, 0.1) is 0 Å². The maximum Gasteiger partial charge on any atom is 0.325 e. The number of carbonyl (C=O) groups excluding carboxylic acids is 1. The van der Waals surface area contributed by atoms with E-state index in [1.54, 1.807) is 25.1 Å². The van der Waals surface area contributed by atoms with E-state index < -0.39 is 18.4 Å². The van der Waals surface area contributed by atoms with Gasteiger partial charge in [-0.3, -0.25) is 9.59 Å². The van der Waals surface area contributed by atoms with E-state index in [1.807, 2.05) is 6.08 Å². The number of rotatable bonds is 5. The second-order valence-electron chi connectivity index (χ2n) is 4.48. The molecule has 0 heterocycles. The molecule has 7 heteroatoms. The number of aliphatic carboxylic acids is 1. The Morgan fingerprint density at radius 3 is 2.39 bits per heavy atom. The molecule has 0 saturated heterocycles. The molecule has 0 aliphatic carbocycles. The molecule has 0 fully saturated rings. The van der Waals surface area contributed by atoms with Gasteiger partial charge in [-0.2, -0.15) is 5.10 Å². The molecule has 0 radical (unpaired) electrons. The van der Waals surface area contributed by atoms with E-state index in [-0.39, 0.29) is 0 Å². The molecule has 0 aliphatic rings. The summed E-state index contributed by atoms with van der Waals surface area (Å²) in [5.74, 6) is -1.56. The van der Waals surface area contributed by atoms with Crippen LogP contribution in [0.5, 0.6) is 0 Å². The van der Waals surface area contributed by atoms with E-state index in [2.05, 4.69) is 34.5 Å². The van der Waals surface area contributed by atoms with Crippen LogP contribution in [0.15, 0.2) is 40.4 Å². The molecule has 1 aromatic carbocycles. The topological polar surface area (TPSA) is 70.0 Å². The fraction of sp³-hybridized carbons (Fsp3) is 0.312. The Bertz CT molecular complexity index is 603. The molecule has 1 amide bonds. The second-order valence-corrected chi connectivity index (χ2v) is 5.77. The molecule has 0 aliphatic heterocycles. The maximum atomic E-state index is 11.3. The third-order valence-corrected chi connectivity index (χ3v) is 3.42. The number of halogens is 2. The molecule has 5 nitrogen and oxygen atoms in total. The van der Waals surface area contributed by atoms with Crippen molar-refractivity contribution in [3.8, 4) is 0 Å². The lowest BCUT2D eigenvalue weighted by Crippen LogP contribution is -2.30. The average Bonchev–Trinajstić information content (AvgIpc) is 2.46. The summed E-state index contributed by atoms with van der Waals surface area (Å²) in [5.41, 5.74) is 1.25. The predicted molar refractivity (Wildman–Crippen MR) is 96.9 cm³/mol. The lowest BCUT2D eigenvalue weighted by Gasteiger charge is -2.14. The van der Waals surface area contributed by atoms with Crippen LogP contribution in [0.4, 0.5) is 0 Å². The standard InChI is InChI=1S/C12H12BrClN2O3.C4H8/c1-7(10-4-3-9(14)5-11(10)13)15-16(8(2)17)6-12(18)19;1-3-4-2/h3-5H,6H2,1-2H3,(H,18,19);3H,1,4H2,2H3/b15-7+;. The molecule has 1 N–H and O–H groups in total. The van der Waals surface area contributed by atoms with Gasteiger partial charge in [-0.25, -0.2) is 5.01 Å². The van der Waals surface area contributed by atoms with E-state index in [4.69, 9.17) is 16.7 Å². The highest BCUT2D eigenvalue weighted by atomic mass is 79.9. The van der Waals surface area contributed by atoms with E-state index in [0.717, 1.165) is 21.5 Å². The van der Waals surface area contributed by atoms with Crippen molar-refractivity contribution in [2.75, 3.05) is 6.54 Å². The van der Waals surface area contributed by atoms with Gasteiger partial charge in [0.15, 0.2) is 0 Å². The minimum absolute atomic E-state index is 0.438. The number of hydrogen-bond acceptors (Lipinski definition) is 3. The van der Waals surface area contributed by atoms with Gasteiger partial charge in [-0.05, 0) is 25.5 Å². The highest BCUT2D eigenvalue weighted by molar-refractivity contribution is 9.10. The summed E-state index contributed by atoms with van der Waals surface area (Å²) in [6.07, 6.45) is 2.96. The van der Waals surface area contributed by atoms with Crippen LogP contribution in [0.1, 0.15) is 32.8 Å². The first-order chi connectivity index (χ1) is 10.7. The van der Waals surface area contributed by atoms with Gasteiger partial charge in [0.05, 0.1) is 5.71 Å². The van der Waals surface area contributed by atoms with Crippen molar-refractivity contribution < 1.29 is 14.7 Å². The summed E-state index contributed by atoms with van der Waals surface area (Å²) >= 11 is 9.18. The van der Waals surface area contributed by atoms with E-state index >= 15 is 0 Å². The van der Waals surface area contributed by atoms with Gasteiger partial charge in [0.25, 0.3) is 0 Å². The Kier molecular flexibility index (Phi) is 10.2. The quantitative estimate of drug-likeness (QED) is 0.451. The van der Waals surface area contributed by atoms with Crippen molar-refractivity contribution in [2.45, 2.75) is 27.2 Å². The summed E-state index contributed by atoms with van der Waals surface area (Å²) in [7, 11) is 0. The van der Waals surface area contributed by atoms with Gasteiger partial charge in [0.2, 0.25) is 5.91 Å². The zero-order valence-electron chi connectivity index (χ0n) is 13.3. The van der Waals surface area contributed by atoms with Crippen molar-refractivity contribution in [1.82, 2.24) is 5.01 Å². The number of hydrogen-bond donors (Lipinski definition) is 1. The smallest absolute Gasteiger partial charge is 0.325 e. The van der Waals surface area contributed by atoms with Crippen LogP contribution in [-0.2, 0) is 9.59 Å². The van der Waals surface area contributed by atoms with Crippen LogP contribution in [0.25, 0.3) is 0 Å². The fourth-order valence-electron chi connectivity index (χ4n) is 1.36. The Morgan fingerprint density at radius 2 is 2.00 bits per heavy atom.